The largest absolute Gasteiger partial charge is 0.550 e. The van der Waals surface area contributed by atoms with Gasteiger partial charge in [0.2, 0.25) is 0 Å². The van der Waals surface area contributed by atoms with Gasteiger partial charge < -0.3 is 9.90 Å². The van der Waals surface area contributed by atoms with E-state index in [0.717, 1.165) is 25.2 Å². The van der Waals surface area contributed by atoms with Crippen molar-refractivity contribution in [2.75, 3.05) is 0 Å². The van der Waals surface area contributed by atoms with E-state index in [1.807, 2.05) is 6.92 Å². The Morgan fingerprint density at radius 1 is 1.31 bits per heavy atom. The Morgan fingerprint density at radius 3 is 2.31 bits per heavy atom. The molecule has 0 amide bonds. The van der Waals surface area contributed by atoms with Crippen LogP contribution in [-0.4, -0.2) is 5.97 Å². The average Bonchev–Trinajstić information content (AvgIpc) is 2.15. The summed E-state index contributed by atoms with van der Waals surface area (Å²) in [6.07, 6.45) is 3.36. The van der Waals surface area contributed by atoms with E-state index >= 15 is 0 Å². The molecule has 1 saturated carbocycles. The minimum atomic E-state index is -0.881. The minimum Gasteiger partial charge on any atom is -0.550 e. The van der Waals surface area contributed by atoms with Gasteiger partial charge in [0.05, 0.1) is 0 Å². The van der Waals surface area contributed by atoms with Gasteiger partial charge in [-0.1, -0.05) is 41.0 Å². The van der Waals surface area contributed by atoms with Gasteiger partial charge in [0.25, 0.3) is 0 Å². The zero-order valence-corrected chi connectivity index (χ0v) is 11.2. The quantitative estimate of drug-likeness (QED) is 0.724. The highest BCUT2D eigenvalue weighted by Crippen LogP contribution is 2.46. The fourth-order valence-electron chi connectivity index (χ4n) is 3.17. The molecule has 0 bridgehead atoms. The van der Waals surface area contributed by atoms with Crippen LogP contribution in [0.1, 0.15) is 53.9 Å². The van der Waals surface area contributed by atoms with Crippen molar-refractivity contribution in [2.45, 2.75) is 53.9 Å². The summed E-state index contributed by atoms with van der Waals surface area (Å²) in [7, 11) is 0. The Morgan fingerprint density at radius 2 is 1.88 bits per heavy atom. The maximum Gasteiger partial charge on any atom is 0.0445 e. The van der Waals surface area contributed by atoms with Gasteiger partial charge >= 0.3 is 0 Å². The van der Waals surface area contributed by atoms with Crippen LogP contribution in [0.5, 0.6) is 0 Å². The van der Waals surface area contributed by atoms with Crippen molar-refractivity contribution in [3.8, 4) is 0 Å². The smallest absolute Gasteiger partial charge is 0.0445 e. The van der Waals surface area contributed by atoms with Crippen molar-refractivity contribution in [1.29, 1.82) is 0 Å². The zero-order chi connectivity index (χ0) is 12.5. The van der Waals surface area contributed by atoms with Gasteiger partial charge in [0.15, 0.2) is 0 Å². The van der Waals surface area contributed by atoms with E-state index in [2.05, 4.69) is 27.7 Å². The van der Waals surface area contributed by atoms with Crippen LogP contribution in [0.25, 0.3) is 0 Å². The first kappa shape index (κ1) is 13.5. The summed E-state index contributed by atoms with van der Waals surface area (Å²) in [6.45, 7) is 10.8. The Hall–Kier alpha value is -0.530. The lowest BCUT2D eigenvalue weighted by atomic mass is 9.61. The SMILES string of the molecule is CC1CCC(C(C)C(=O)[O-])C(C(C)(C)C)C1. The molecular weight excluding hydrogens is 200 g/mol. The molecule has 0 aliphatic heterocycles. The Labute approximate surface area is 99.4 Å². The molecule has 0 heterocycles. The lowest BCUT2D eigenvalue weighted by Crippen LogP contribution is -2.43. The number of rotatable bonds is 2. The highest BCUT2D eigenvalue weighted by molar-refractivity contribution is 5.67. The number of carboxylic acid groups (broad SMARTS) is 1. The van der Waals surface area contributed by atoms with Crippen molar-refractivity contribution in [1.82, 2.24) is 0 Å². The molecule has 0 aromatic rings. The summed E-state index contributed by atoms with van der Waals surface area (Å²) in [4.78, 5) is 11.0. The third kappa shape index (κ3) is 2.99. The molecule has 0 aromatic heterocycles. The molecule has 1 rings (SSSR count). The van der Waals surface area contributed by atoms with Crippen molar-refractivity contribution >= 4 is 5.97 Å². The van der Waals surface area contributed by atoms with E-state index < -0.39 is 5.97 Å². The first-order chi connectivity index (χ1) is 7.23. The molecule has 0 spiro atoms. The van der Waals surface area contributed by atoms with Crippen molar-refractivity contribution in [3.63, 3.8) is 0 Å². The van der Waals surface area contributed by atoms with Crippen molar-refractivity contribution in [2.24, 2.45) is 29.1 Å². The van der Waals surface area contributed by atoms with Crippen LogP contribution in [-0.2, 0) is 4.79 Å². The Balaban J connectivity index is 2.84. The van der Waals surface area contributed by atoms with Crippen molar-refractivity contribution < 1.29 is 9.90 Å². The van der Waals surface area contributed by atoms with Gasteiger partial charge in [-0.3, -0.25) is 0 Å². The molecule has 0 aromatic carbocycles. The average molecular weight is 225 g/mol. The number of hydrogen-bond acceptors (Lipinski definition) is 2. The monoisotopic (exact) mass is 225 g/mol. The molecule has 2 heteroatoms. The fourth-order valence-corrected chi connectivity index (χ4v) is 3.17. The molecule has 4 atom stereocenters. The second-order valence-corrected chi connectivity index (χ2v) is 6.66. The molecule has 4 unspecified atom stereocenters. The van der Waals surface area contributed by atoms with Gasteiger partial charge in [-0.05, 0) is 41.9 Å². The summed E-state index contributed by atoms with van der Waals surface area (Å²) in [5.74, 6) is 0.338. The third-order valence-electron chi connectivity index (χ3n) is 4.29. The second-order valence-electron chi connectivity index (χ2n) is 6.66. The first-order valence-corrected chi connectivity index (χ1v) is 6.44. The maximum atomic E-state index is 11.0. The minimum absolute atomic E-state index is 0.197. The predicted molar refractivity (Wildman–Crippen MR) is 63.6 cm³/mol. The van der Waals surface area contributed by atoms with Crippen LogP contribution in [0.15, 0.2) is 0 Å². The second kappa shape index (κ2) is 4.77. The molecule has 1 fully saturated rings. The van der Waals surface area contributed by atoms with Crippen LogP contribution in [0.4, 0.5) is 0 Å². The van der Waals surface area contributed by atoms with E-state index in [4.69, 9.17) is 0 Å². The van der Waals surface area contributed by atoms with E-state index in [0.29, 0.717) is 11.8 Å². The fraction of sp³-hybridized carbons (Fsp3) is 0.929. The van der Waals surface area contributed by atoms with Crippen LogP contribution < -0.4 is 5.11 Å². The van der Waals surface area contributed by atoms with Gasteiger partial charge in [-0.15, -0.1) is 0 Å². The summed E-state index contributed by atoms with van der Waals surface area (Å²) < 4.78 is 0. The van der Waals surface area contributed by atoms with Crippen LogP contribution in [0.3, 0.4) is 0 Å². The molecule has 2 nitrogen and oxygen atoms in total. The molecular formula is C14H25O2-. The molecule has 1 aliphatic carbocycles. The number of carbonyl (C=O) groups is 1. The van der Waals surface area contributed by atoms with Crippen LogP contribution >= 0.6 is 0 Å². The molecule has 0 N–H and O–H groups in total. The number of carboxylic acids is 1. The van der Waals surface area contributed by atoms with E-state index in [9.17, 15) is 9.90 Å². The predicted octanol–water partition coefficient (Wildman–Crippen LogP) is 2.47. The van der Waals surface area contributed by atoms with Crippen LogP contribution in [0.2, 0.25) is 0 Å². The Kier molecular flexibility index (Phi) is 4.03. The topological polar surface area (TPSA) is 40.1 Å². The summed E-state index contributed by atoms with van der Waals surface area (Å²) >= 11 is 0. The van der Waals surface area contributed by atoms with E-state index in [-0.39, 0.29) is 11.3 Å². The summed E-state index contributed by atoms with van der Waals surface area (Å²) in [5.41, 5.74) is 0.197. The summed E-state index contributed by atoms with van der Waals surface area (Å²) in [5, 5.41) is 11.0. The van der Waals surface area contributed by atoms with Gasteiger partial charge in [0, 0.05) is 5.97 Å². The molecule has 1 aliphatic rings. The molecule has 0 radical (unpaired) electrons. The van der Waals surface area contributed by atoms with E-state index in [1.54, 1.807) is 0 Å². The number of aliphatic carboxylic acids is 1. The lowest BCUT2D eigenvalue weighted by molar-refractivity contribution is -0.313. The van der Waals surface area contributed by atoms with Crippen LogP contribution in [0, 0.1) is 29.1 Å². The van der Waals surface area contributed by atoms with Crippen molar-refractivity contribution in [3.05, 3.63) is 0 Å². The third-order valence-corrected chi connectivity index (χ3v) is 4.29. The number of hydrogen-bond donors (Lipinski definition) is 0. The normalized spacial score (nSPS) is 33.4. The standard InChI is InChI=1S/C14H26O2/c1-9-6-7-11(10(2)13(15)16)12(8-9)14(3,4)5/h9-12H,6-8H2,1-5H3,(H,15,16)/p-1. The molecule has 0 saturated heterocycles. The highest BCUT2D eigenvalue weighted by atomic mass is 16.4. The number of carbonyl (C=O) groups excluding carboxylic acids is 1. The zero-order valence-electron chi connectivity index (χ0n) is 11.2. The molecule has 94 valence electrons. The first-order valence-electron chi connectivity index (χ1n) is 6.44. The highest BCUT2D eigenvalue weighted by Gasteiger charge is 2.39. The van der Waals surface area contributed by atoms with Gasteiger partial charge in [0.1, 0.15) is 0 Å². The Bertz CT molecular complexity index is 252. The summed E-state index contributed by atoms with van der Waals surface area (Å²) in [6, 6.07) is 0. The maximum absolute atomic E-state index is 11.0. The van der Waals surface area contributed by atoms with Gasteiger partial charge in [-0.25, -0.2) is 0 Å². The molecule has 16 heavy (non-hydrogen) atoms. The lowest BCUT2D eigenvalue weighted by Gasteiger charge is -2.45. The van der Waals surface area contributed by atoms with E-state index in [1.165, 1.54) is 0 Å². The van der Waals surface area contributed by atoms with Gasteiger partial charge in [-0.2, -0.15) is 0 Å².